The molecule has 1 aliphatic rings. The Balaban J connectivity index is 2.43. The summed E-state index contributed by atoms with van der Waals surface area (Å²) in [5.74, 6) is 1.65. The van der Waals surface area contributed by atoms with Crippen molar-refractivity contribution in [3.63, 3.8) is 0 Å². The normalized spacial score (nSPS) is 36.4. The van der Waals surface area contributed by atoms with E-state index in [2.05, 4.69) is 20.4 Å². The van der Waals surface area contributed by atoms with E-state index in [1.54, 1.807) is 0 Å². The maximum absolute atomic E-state index is 5.93. The molecule has 1 nitrogen and oxygen atoms in total. The molecular formula is C11H21N. The van der Waals surface area contributed by atoms with Gasteiger partial charge in [-0.15, -0.1) is 6.58 Å². The van der Waals surface area contributed by atoms with Crippen LogP contribution in [-0.2, 0) is 0 Å². The third kappa shape index (κ3) is 2.63. The molecule has 0 aromatic carbocycles. The minimum atomic E-state index is 0.450. The Morgan fingerprint density at radius 1 is 1.50 bits per heavy atom. The van der Waals surface area contributed by atoms with Gasteiger partial charge in [0, 0.05) is 6.04 Å². The zero-order valence-electron chi connectivity index (χ0n) is 8.34. The van der Waals surface area contributed by atoms with E-state index in [4.69, 9.17) is 5.73 Å². The maximum atomic E-state index is 5.93. The Hall–Kier alpha value is -0.300. The average Bonchev–Trinajstić information content (AvgIpc) is 1.96. The molecule has 2 N–H and O–H groups in total. The van der Waals surface area contributed by atoms with Gasteiger partial charge in [-0.3, -0.25) is 0 Å². The van der Waals surface area contributed by atoms with Crippen LogP contribution in [0, 0.1) is 11.8 Å². The lowest BCUT2D eigenvalue weighted by Gasteiger charge is -2.32. The molecule has 0 aromatic heterocycles. The third-order valence-electron chi connectivity index (χ3n) is 3.01. The lowest BCUT2D eigenvalue weighted by Crippen LogP contribution is -2.32. The number of nitrogens with two attached hydrogens (primary N) is 1. The molecular weight excluding hydrogens is 146 g/mol. The molecule has 0 heterocycles. The predicted molar refractivity (Wildman–Crippen MR) is 53.9 cm³/mol. The summed E-state index contributed by atoms with van der Waals surface area (Å²) in [4.78, 5) is 0. The highest BCUT2D eigenvalue weighted by molar-refractivity contribution is 4.94. The second-order valence-electron chi connectivity index (χ2n) is 4.47. The highest BCUT2D eigenvalue weighted by atomic mass is 14.6. The van der Waals surface area contributed by atoms with Gasteiger partial charge in [-0.25, -0.2) is 0 Å². The van der Waals surface area contributed by atoms with Gasteiger partial charge in [-0.1, -0.05) is 12.5 Å². The maximum Gasteiger partial charge on any atom is 0.00417 e. The second kappa shape index (κ2) is 4.08. The first-order valence-electron chi connectivity index (χ1n) is 4.99. The Morgan fingerprint density at radius 3 is 2.75 bits per heavy atom. The van der Waals surface area contributed by atoms with Crippen molar-refractivity contribution in [3.05, 3.63) is 12.2 Å². The van der Waals surface area contributed by atoms with Crippen LogP contribution >= 0.6 is 0 Å². The lowest BCUT2D eigenvalue weighted by atomic mass is 9.75. The quantitative estimate of drug-likeness (QED) is 0.629. The summed E-state index contributed by atoms with van der Waals surface area (Å²) >= 11 is 0. The van der Waals surface area contributed by atoms with Crippen LogP contribution in [0.25, 0.3) is 0 Å². The summed E-state index contributed by atoms with van der Waals surface area (Å²) in [5.41, 5.74) is 7.24. The molecule has 0 bridgehead atoms. The van der Waals surface area contributed by atoms with E-state index < -0.39 is 0 Å². The highest BCUT2D eigenvalue weighted by Crippen LogP contribution is 2.32. The SMILES string of the molecule is C=C(C)CC1CC(N)CCC1C. The van der Waals surface area contributed by atoms with E-state index in [9.17, 15) is 0 Å². The number of hydrogen-bond acceptors (Lipinski definition) is 1. The Bertz CT molecular complexity index is 162. The Morgan fingerprint density at radius 2 is 2.17 bits per heavy atom. The van der Waals surface area contributed by atoms with Crippen molar-refractivity contribution in [1.29, 1.82) is 0 Å². The van der Waals surface area contributed by atoms with Crippen LogP contribution in [0.2, 0.25) is 0 Å². The molecule has 0 amide bonds. The van der Waals surface area contributed by atoms with E-state index in [0.717, 1.165) is 11.8 Å². The van der Waals surface area contributed by atoms with Crippen LogP contribution in [0.1, 0.15) is 39.5 Å². The predicted octanol–water partition coefficient (Wildman–Crippen LogP) is 2.72. The van der Waals surface area contributed by atoms with Gasteiger partial charge in [-0.2, -0.15) is 0 Å². The summed E-state index contributed by atoms with van der Waals surface area (Å²) in [7, 11) is 0. The van der Waals surface area contributed by atoms with Crippen molar-refractivity contribution in [2.75, 3.05) is 0 Å². The van der Waals surface area contributed by atoms with Gasteiger partial charge in [-0.05, 0) is 44.4 Å². The van der Waals surface area contributed by atoms with Crippen molar-refractivity contribution in [1.82, 2.24) is 0 Å². The molecule has 70 valence electrons. The monoisotopic (exact) mass is 167 g/mol. The van der Waals surface area contributed by atoms with Gasteiger partial charge in [0.15, 0.2) is 0 Å². The zero-order chi connectivity index (χ0) is 9.14. The van der Waals surface area contributed by atoms with Crippen LogP contribution < -0.4 is 5.73 Å². The average molecular weight is 167 g/mol. The first-order valence-corrected chi connectivity index (χ1v) is 4.99. The van der Waals surface area contributed by atoms with Crippen molar-refractivity contribution in [2.24, 2.45) is 17.6 Å². The number of rotatable bonds is 2. The van der Waals surface area contributed by atoms with Crippen molar-refractivity contribution < 1.29 is 0 Å². The fourth-order valence-electron chi connectivity index (χ4n) is 2.18. The van der Waals surface area contributed by atoms with E-state index in [0.29, 0.717) is 6.04 Å². The minimum absolute atomic E-state index is 0.450. The molecule has 1 heteroatoms. The largest absolute Gasteiger partial charge is 0.328 e. The highest BCUT2D eigenvalue weighted by Gasteiger charge is 2.25. The minimum Gasteiger partial charge on any atom is -0.328 e. The summed E-state index contributed by atoms with van der Waals surface area (Å²) in [6.45, 7) is 8.43. The molecule has 1 fully saturated rings. The molecule has 12 heavy (non-hydrogen) atoms. The summed E-state index contributed by atoms with van der Waals surface area (Å²) in [6, 6.07) is 0.450. The van der Waals surface area contributed by atoms with E-state index in [1.165, 1.54) is 31.3 Å². The molecule has 0 aromatic rings. The number of hydrogen-bond donors (Lipinski definition) is 1. The molecule has 0 saturated heterocycles. The summed E-state index contributed by atoms with van der Waals surface area (Å²) in [6.07, 6.45) is 4.90. The van der Waals surface area contributed by atoms with Gasteiger partial charge >= 0.3 is 0 Å². The van der Waals surface area contributed by atoms with Gasteiger partial charge in [0.1, 0.15) is 0 Å². The number of allylic oxidation sites excluding steroid dienone is 1. The fourth-order valence-corrected chi connectivity index (χ4v) is 2.18. The van der Waals surface area contributed by atoms with Crippen LogP contribution in [0.15, 0.2) is 12.2 Å². The van der Waals surface area contributed by atoms with Crippen molar-refractivity contribution in [2.45, 2.75) is 45.6 Å². The fraction of sp³-hybridized carbons (Fsp3) is 0.818. The lowest BCUT2D eigenvalue weighted by molar-refractivity contribution is 0.231. The first kappa shape index (κ1) is 9.79. The van der Waals surface area contributed by atoms with E-state index in [1.807, 2.05) is 0 Å². The summed E-state index contributed by atoms with van der Waals surface area (Å²) < 4.78 is 0. The second-order valence-corrected chi connectivity index (χ2v) is 4.47. The molecule has 3 atom stereocenters. The van der Waals surface area contributed by atoms with Crippen molar-refractivity contribution in [3.8, 4) is 0 Å². The zero-order valence-corrected chi connectivity index (χ0v) is 8.34. The van der Waals surface area contributed by atoms with Crippen LogP contribution in [0.4, 0.5) is 0 Å². The molecule has 3 unspecified atom stereocenters. The van der Waals surface area contributed by atoms with Crippen molar-refractivity contribution >= 4 is 0 Å². The summed E-state index contributed by atoms with van der Waals surface area (Å²) in [5, 5.41) is 0. The molecule has 1 saturated carbocycles. The van der Waals surface area contributed by atoms with Crippen LogP contribution in [0.5, 0.6) is 0 Å². The Labute approximate surface area is 76.0 Å². The standard InChI is InChI=1S/C11H21N/c1-8(2)6-10-7-11(12)5-4-9(10)3/h9-11H,1,4-7,12H2,2-3H3. The smallest absolute Gasteiger partial charge is 0.00417 e. The Kier molecular flexibility index (Phi) is 3.33. The van der Waals surface area contributed by atoms with Crippen LogP contribution in [0.3, 0.4) is 0 Å². The topological polar surface area (TPSA) is 26.0 Å². The molecule has 1 rings (SSSR count). The van der Waals surface area contributed by atoms with Crippen LogP contribution in [-0.4, -0.2) is 6.04 Å². The first-order chi connectivity index (χ1) is 5.59. The van der Waals surface area contributed by atoms with Gasteiger partial charge in [0.25, 0.3) is 0 Å². The molecule has 1 aliphatic carbocycles. The molecule has 0 spiro atoms. The van der Waals surface area contributed by atoms with E-state index in [-0.39, 0.29) is 0 Å². The van der Waals surface area contributed by atoms with Gasteiger partial charge < -0.3 is 5.73 Å². The van der Waals surface area contributed by atoms with E-state index >= 15 is 0 Å². The molecule has 0 radical (unpaired) electrons. The molecule has 0 aliphatic heterocycles. The third-order valence-corrected chi connectivity index (χ3v) is 3.01. The van der Waals surface area contributed by atoms with Gasteiger partial charge in [0.2, 0.25) is 0 Å². The van der Waals surface area contributed by atoms with Gasteiger partial charge in [0.05, 0.1) is 0 Å².